The van der Waals surface area contributed by atoms with Crippen LogP contribution in [0.1, 0.15) is 46.6 Å². The Hall–Kier alpha value is -3.15. The fourth-order valence-corrected chi connectivity index (χ4v) is 4.92. The van der Waals surface area contributed by atoms with Crippen LogP contribution in [0.15, 0.2) is 24.3 Å². The number of hydrogen-bond acceptors (Lipinski definition) is 10. The summed E-state index contributed by atoms with van der Waals surface area (Å²) < 4.78 is 39.1. The zero-order valence-corrected chi connectivity index (χ0v) is 23.2. The highest BCUT2D eigenvalue weighted by Crippen LogP contribution is 2.56. The second-order valence-corrected chi connectivity index (χ2v) is 11.8. The summed E-state index contributed by atoms with van der Waals surface area (Å²) in [6, 6.07) is 4.66. The lowest BCUT2D eigenvalue weighted by molar-refractivity contribution is -0.142. The molecule has 1 aliphatic rings. The summed E-state index contributed by atoms with van der Waals surface area (Å²) in [4.78, 5) is 47.5. The number of carboxylic acids is 1. The Labute approximate surface area is 221 Å². The fourth-order valence-electron chi connectivity index (χ4n) is 3.26. The van der Waals surface area contributed by atoms with Gasteiger partial charge in [0.05, 0.1) is 20.1 Å². The number of phosphoric acid groups is 1. The van der Waals surface area contributed by atoms with Gasteiger partial charge in [0.25, 0.3) is 5.91 Å². The summed E-state index contributed by atoms with van der Waals surface area (Å²) >= 11 is 0. The molecular weight excluding hydrogens is 523 g/mol. The van der Waals surface area contributed by atoms with Crippen molar-refractivity contribution < 1.29 is 51.9 Å². The number of carboxylic acid groups (broad SMARTS) is 1. The maximum absolute atomic E-state index is 13.2. The number of esters is 1. The maximum atomic E-state index is 13.2. The summed E-state index contributed by atoms with van der Waals surface area (Å²) in [5.41, 5.74) is -1.10. The van der Waals surface area contributed by atoms with Crippen LogP contribution in [0.2, 0.25) is 0 Å². The van der Waals surface area contributed by atoms with E-state index in [1.54, 1.807) is 34.6 Å². The molecule has 2 rings (SSSR count). The minimum atomic E-state index is -4.20. The number of carbonyl (C=O) groups excluding carboxylic acids is 3. The molecule has 0 bridgehead atoms. The van der Waals surface area contributed by atoms with Gasteiger partial charge in [0, 0.05) is 18.4 Å². The molecule has 14 heteroatoms. The lowest BCUT2D eigenvalue weighted by Gasteiger charge is -2.39. The highest BCUT2D eigenvalue weighted by atomic mass is 31.2. The zero-order valence-electron chi connectivity index (χ0n) is 22.3. The molecule has 0 aliphatic carbocycles. The molecule has 1 saturated heterocycles. The first-order valence-electron chi connectivity index (χ1n) is 11.8. The third kappa shape index (κ3) is 9.62. The van der Waals surface area contributed by atoms with E-state index in [2.05, 4.69) is 15.4 Å². The lowest BCUT2D eigenvalue weighted by atomic mass is 9.87. The van der Waals surface area contributed by atoms with Gasteiger partial charge >= 0.3 is 25.9 Å². The van der Waals surface area contributed by atoms with Crippen molar-refractivity contribution in [2.75, 3.05) is 20.3 Å². The van der Waals surface area contributed by atoms with Gasteiger partial charge in [0.1, 0.15) is 17.4 Å². The number of rotatable bonds is 10. The smallest absolute Gasteiger partial charge is 0.480 e. The van der Waals surface area contributed by atoms with E-state index < -0.39 is 54.9 Å². The van der Waals surface area contributed by atoms with Crippen LogP contribution in [0, 0.1) is 5.41 Å². The highest BCUT2D eigenvalue weighted by Gasteiger charge is 2.50. The maximum Gasteiger partial charge on any atom is 0.530 e. The van der Waals surface area contributed by atoms with Crippen molar-refractivity contribution in [3.63, 3.8) is 0 Å². The molecule has 38 heavy (non-hydrogen) atoms. The van der Waals surface area contributed by atoms with Gasteiger partial charge in [-0.1, -0.05) is 26.0 Å². The Balaban J connectivity index is 2.03. The van der Waals surface area contributed by atoms with Crippen molar-refractivity contribution in [2.45, 2.75) is 65.2 Å². The van der Waals surface area contributed by atoms with Crippen LogP contribution < -0.4 is 15.2 Å². The first kappa shape index (κ1) is 31.1. The van der Waals surface area contributed by atoms with Gasteiger partial charge in [-0.25, -0.2) is 14.2 Å². The number of nitrogens with one attached hydrogen (secondary N) is 2. The number of carbonyl (C=O) groups is 4. The van der Waals surface area contributed by atoms with E-state index in [4.69, 9.17) is 18.3 Å². The molecule has 3 N–H and O–H groups in total. The fraction of sp³-hybridized carbons (Fsp3) is 0.583. The minimum Gasteiger partial charge on any atom is -0.480 e. The Morgan fingerprint density at radius 2 is 1.82 bits per heavy atom. The van der Waals surface area contributed by atoms with E-state index in [0.717, 1.165) is 0 Å². The molecule has 13 nitrogen and oxygen atoms in total. The van der Waals surface area contributed by atoms with E-state index in [0.29, 0.717) is 5.56 Å². The second kappa shape index (κ2) is 12.6. The predicted octanol–water partition coefficient (Wildman–Crippen LogP) is 2.81. The molecule has 0 aromatic heterocycles. The van der Waals surface area contributed by atoms with Crippen molar-refractivity contribution in [3.05, 3.63) is 29.8 Å². The minimum absolute atomic E-state index is 0.00897. The molecule has 0 unspecified atom stereocenters. The van der Waals surface area contributed by atoms with Crippen LogP contribution in [-0.2, 0) is 43.9 Å². The molecule has 1 aliphatic heterocycles. The molecule has 1 aromatic carbocycles. The van der Waals surface area contributed by atoms with Crippen LogP contribution >= 0.6 is 7.82 Å². The number of hydrogen-bond donors (Lipinski definition) is 3. The number of amides is 2. The van der Waals surface area contributed by atoms with Crippen LogP contribution in [-0.4, -0.2) is 67.1 Å². The summed E-state index contributed by atoms with van der Waals surface area (Å²) in [5.74, 6) is -2.24. The Kier molecular flexibility index (Phi) is 10.3. The van der Waals surface area contributed by atoms with Crippen LogP contribution in [0.5, 0.6) is 5.75 Å². The molecule has 1 fully saturated rings. The Morgan fingerprint density at radius 3 is 2.37 bits per heavy atom. The largest absolute Gasteiger partial charge is 0.530 e. The number of aliphatic carboxylic acids is 1. The van der Waals surface area contributed by atoms with Crippen molar-refractivity contribution in [1.29, 1.82) is 0 Å². The molecule has 0 radical (unpaired) electrons. The average Bonchev–Trinajstić information content (AvgIpc) is 2.80. The van der Waals surface area contributed by atoms with Crippen molar-refractivity contribution in [3.8, 4) is 5.75 Å². The van der Waals surface area contributed by atoms with Gasteiger partial charge in [-0.15, -0.1) is 0 Å². The van der Waals surface area contributed by atoms with Crippen LogP contribution in [0.25, 0.3) is 0 Å². The first-order chi connectivity index (χ1) is 17.5. The average molecular weight is 559 g/mol. The highest BCUT2D eigenvalue weighted by molar-refractivity contribution is 7.49. The monoisotopic (exact) mass is 558 g/mol. The Bertz CT molecular complexity index is 1070. The van der Waals surface area contributed by atoms with E-state index in [1.165, 1.54) is 31.4 Å². The lowest BCUT2D eigenvalue weighted by Crippen LogP contribution is -2.50. The Morgan fingerprint density at radius 1 is 1.18 bits per heavy atom. The quantitative estimate of drug-likeness (QED) is 0.284. The van der Waals surface area contributed by atoms with Crippen molar-refractivity contribution >= 4 is 31.8 Å². The molecule has 212 valence electrons. The SMILES string of the molecule is COC(=O)CCNC(=O)[C@@H]1O[P@@](=O)(Oc2ccc(C[C@H](NC(=O)OC(C)(C)C)C(=O)O)cc2)OCC1(C)C. The third-order valence-corrected chi connectivity index (χ3v) is 6.55. The molecule has 0 spiro atoms. The molecule has 3 atom stereocenters. The number of benzene rings is 1. The van der Waals surface area contributed by atoms with Crippen molar-refractivity contribution in [1.82, 2.24) is 10.6 Å². The number of alkyl carbamates (subject to hydrolysis) is 1. The van der Waals surface area contributed by atoms with E-state index >= 15 is 0 Å². The number of methoxy groups -OCH3 is 1. The second-order valence-electron chi connectivity index (χ2n) is 10.3. The van der Waals surface area contributed by atoms with E-state index in [1.807, 2.05) is 0 Å². The summed E-state index contributed by atoms with van der Waals surface area (Å²) in [5, 5.41) is 14.3. The van der Waals surface area contributed by atoms with Gasteiger partial charge in [0.15, 0.2) is 6.10 Å². The molecule has 2 amide bonds. The standard InChI is InChI=1S/C24H35N2O11P/c1-23(2,3)35-22(31)26-17(21(29)30)13-15-7-9-16(10-8-15)36-38(32)34-14-24(4,5)19(37-38)20(28)25-12-11-18(27)33-6/h7-10,17,19H,11-14H2,1-6H3,(H,25,28)(H,26,31)(H,29,30)/t17-,19-,38+/m0/s1. The topological polar surface area (TPSA) is 176 Å². The van der Waals surface area contributed by atoms with Gasteiger partial charge in [-0.05, 0) is 38.5 Å². The molecular formula is C24H35N2O11P. The normalized spacial score (nSPS) is 21.5. The van der Waals surface area contributed by atoms with Gasteiger partial charge in [-0.3, -0.25) is 18.6 Å². The summed E-state index contributed by atoms with van der Waals surface area (Å²) in [6.07, 6.45) is -2.14. The number of phosphoric ester groups is 1. The predicted molar refractivity (Wildman–Crippen MR) is 133 cm³/mol. The van der Waals surface area contributed by atoms with Gasteiger partial charge in [0.2, 0.25) is 0 Å². The summed E-state index contributed by atoms with van der Waals surface area (Å²) in [6.45, 7) is 8.27. The summed E-state index contributed by atoms with van der Waals surface area (Å²) in [7, 11) is -2.96. The number of ether oxygens (including phenoxy) is 2. The van der Waals surface area contributed by atoms with E-state index in [9.17, 15) is 28.8 Å². The molecule has 1 aromatic rings. The first-order valence-corrected chi connectivity index (χ1v) is 13.3. The molecule has 0 saturated carbocycles. The van der Waals surface area contributed by atoms with Gasteiger partial charge < -0.3 is 29.7 Å². The zero-order chi connectivity index (χ0) is 28.7. The van der Waals surface area contributed by atoms with Crippen LogP contribution in [0.3, 0.4) is 0 Å². The molecule has 1 heterocycles. The van der Waals surface area contributed by atoms with Gasteiger partial charge in [-0.2, -0.15) is 0 Å². The van der Waals surface area contributed by atoms with E-state index in [-0.39, 0.29) is 31.7 Å². The van der Waals surface area contributed by atoms with Crippen LogP contribution in [0.4, 0.5) is 4.79 Å². The van der Waals surface area contributed by atoms with Crippen molar-refractivity contribution in [2.24, 2.45) is 5.41 Å². The third-order valence-electron chi connectivity index (χ3n) is 5.20.